The van der Waals surface area contributed by atoms with Crippen LogP contribution < -0.4 is 10.1 Å². The molecule has 4 aromatic rings. The minimum atomic E-state index is -0.137. The Morgan fingerprint density at radius 1 is 1.05 bits per heavy atom. The van der Waals surface area contributed by atoms with Crippen LogP contribution in [0.2, 0.25) is 0 Å². The number of aromatic amines is 2. The fourth-order valence-corrected chi connectivity index (χ4v) is 2.63. The van der Waals surface area contributed by atoms with E-state index < -0.39 is 0 Å². The van der Waals surface area contributed by atoms with Crippen molar-refractivity contribution in [3.63, 3.8) is 0 Å². The predicted molar refractivity (Wildman–Crippen MR) is 80.0 cm³/mol. The van der Waals surface area contributed by atoms with Gasteiger partial charge in [-0.2, -0.15) is 4.98 Å². The van der Waals surface area contributed by atoms with Crippen LogP contribution in [-0.4, -0.2) is 15.0 Å². The number of fused-ring (bicyclic) bond motifs is 2. The molecule has 2 heterocycles. The summed E-state index contributed by atoms with van der Waals surface area (Å²) < 4.78 is 1.88. The Morgan fingerprint density at radius 3 is 2.81 bits per heavy atom. The molecule has 0 fully saturated rings. The van der Waals surface area contributed by atoms with Crippen molar-refractivity contribution in [3.05, 3.63) is 71.0 Å². The fourth-order valence-electron chi connectivity index (χ4n) is 2.63. The number of rotatable bonds is 2. The molecule has 0 saturated heterocycles. The summed E-state index contributed by atoms with van der Waals surface area (Å²) in [5.41, 5.74) is 2.16. The van der Waals surface area contributed by atoms with E-state index >= 15 is 0 Å². The SMILES string of the molecule is O=c1[nH]cnc2[nH]c[n+](Cc3ccc4ccccc4c3)c12. The van der Waals surface area contributed by atoms with Crippen LogP contribution >= 0.6 is 0 Å². The van der Waals surface area contributed by atoms with Gasteiger partial charge in [-0.25, -0.2) is 9.55 Å². The summed E-state index contributed by atoms with van der Waals surface area (Å²) in [4.78, 5) is 21.7. The molecule has 2 N–H and O–H groups in total. The quantitative estimate of drug-likeness (QED) is 0.548. The van der Waals surface area contributed by atoms with Gasteiger partial charge in [-0.15, -0.1) is 0 Å². The van der Waals surface area contributed by atoms with E-state index in [1.165, 1.54) is 17.1 Å². The van der Waals surface area contributed by atoms with Gasteiger partial charge in [-0.3, -0.25) is 4.79 Å². The standard InChI is InChI=1S/C16H12N4O/c21-16-14-15(17-9-18-16)19-10-20(14)8-11-5-6-12-3-1-2-4-13(12)7-11/h1-7,9-10H,8H2,(H,17,18,21)/p+1. The average Bonchev–Trinajstić information content (AvgIpc) is 2.92. The van der Waals surface area contributed by atoms with Crippen LogP contribution in [0.1, 0.15) is 5.56 Å². The number of imidazole rings is 1. The first kappa shape index (κ1) is 11.8. The number of benzene rings is 2. The molecule has 0 saturated carbocycles. The van der Waals surface area contributed by atoms with Gasteiger partial charge in [0.2, 0.25) is 6.33 Å². The van der Waals surface area contributed by atoms with Crippen molar-refractivity contribution < 1.29 is 4.57 Å². The maximum Gasteiger partial charge on any atom is 0.302 e. The Labute approximate surface area is 119 Å². The molecule has 0 radical (unpaired) electrons. The maximum atomic E-state index is 11.9. The zero-order chi connectivity index (χ0) is 14.2. The highest BCUT2D eigenvalue weighted by Crippen LogP contribution is 2.15. The molecule has 102 valence electrons. The summed E-state index contributed by atoms with van der Waals surface area (Å²) in [7, 11) is 0. The third kappa shape index (κ3) is 1.99. The lowest BCUT2D eigenvalue weighted by Gasteiger charge is -2.02. The molecule has 5 nitrogen and oxygen atoms in total. The smallest absolute Gasteiger partial charge is 0.302 e. The average molecular weight is 277 g/mol. The number of aromatic nitrogens is 4. The highest BCUT2D eigenvalue weighted by Gasteiger charge is 2.14. The van der Waals surface area contributed by atoms with E-state index in [2.05, 4.69) is 45.3 Å². The van der Waals surface area contributed by atoms with Crippen LogP contribution in [0.5, 0.6) is 0 Å². The minimum absolute atomic E-state index is 0.137. The summed E-state index contributed by atoms with van der Waals surface area (Å²) >= 11 is 0. The van der Waals surface area contributed by atoms with E-state index in [9.17, 15) is 4.79 Å². The molecule has 0 aliphatic carbocycles. The molecule has 2 aromatic heterocycles. The van der Waals surface area contributed by atoms with Crippen molar-refractivity contribution in [2.45, 2.75) is 6.54 Å². The molecule has 5 heteroatoms. The second kappa shape index (κ2) is 4.56. The van der Waals surface area contributed by atoms with Gasteiger partial charge in [0, 0.05) is 0 Å². The van der Waals surface area contributed by atoms with E-state index in [0.717, 1.165) is 5.56 Å². The topological polar surface area (TPSA) is 65.4 Å². The normalized spacial score (nSPS) is 11.2. The van der Waals surface area contributed by atoms with Gasteiger partial charge in [-0.05, 0) is 22.4 Å². The Bertz CT molecular complexity index is 1000. The van der Waals surface area contributed by atoms with E-state index in [0.29, 0.717) is 17.7 Å². The molecule has 2 aromatic carbocycles. The van der Waals surface area contributed by atoms with E-state index in [4.69, 9.17) is 0 Å². The van der Waals surface area contributed by atoms with Crippen molar-refractivity contribution in [2.75, 3.05) is 0 Å². The highest BCUT2D eigenvalue weighted by atomic mass is 16.1. The first-order chi connectivity index (χ1) is 10.3. The van der Waals surface area contributed by atoms with Crippen molar-refractivity contribution in [3.8, 4) is 0 Å². The zero-order valence-corrected chi connectivity index (χ0v) is 11.2. The van der Waals surface area contributed by atoms with Crippen LogP contribution in [0, 0.1) is 0 Å². The molecule has 0 aliphatic rings. The van der Waals surface area contributed by atoms with Crippen molar-refractivity contribution in [1.82, 2.24) is 15.0 Å². The molecule has 0 unspecified atom stereocenters. The van der Waals surface area contributed by atoms with Gasteiger partial charge >= 0.3 is 5.56 Å². The van der Waals surface area contributed by atoms with Crippen LogP contribution in [0.25, 0.3) is 21.9 Å². The lowest BCUT2D eigenvalue weighted by atomic mass is 10.1. The second-order valence-corrected chi connectivity index (χ2v) is 5.01. The van der Waals surface area contributed by atoms with Gasteiger partial charge in [0.1, 0.15) is 6.54 Å². The number of nitrogens with zero attached hydrogens (tertiary/aromatic N) is 2. The summed E-state index contributed by atoms with van der Waals surface area (Å²) in [6, 6.07) is 14.6. The number of nitrogens with one attached hydrogen (secondary N) is 2. The third-order valence-electron chi connectivity index (χ3n) is 3.64. The Hall–Kier alpha value is -2.95. The van der Waals surface area contributed by atoms with E-state index in [-0.39, 0.29) is 5.56 Å². The lowest BCUT2D eigenvalue weighted by Crippen LogP contribution is -2.36. The number of H-pyrrole nitrogens is 2. The lowest BCUT2D eigenvalue weighted by molar-refractivity contribution is -0.662. The van der Waals surface area contributed by atoms with Gasteiger partial charge in [0.15, 0.2) is 0 Å². The van der Waals surface area contributed by atoms with E-state index in [1.54, 1.807) is 6.33 Å². The van der Waals surface area contributed by atoms with Crippen molar-refractivity contribution in [1.29, 1.82) is 0 Å². The first-order valence-electron chi connectivity index (χ1n) is 6.73. The molecule has 0 amide bonds. The summed E-state index contributed by atoms with van der Waals surface area (Å²) in [5, 5.41) is 2.41. The molecule has 0 aliphatic heterocycles. The molecular formula is C16H13N4O+. The van der Waals surface area contributed by atoms with Crippen LogP contribution in [0.15, 0.2) is 59.9 Å². The van der Waals surface area contributed by atoms with Gasteiger partial charge < -0.3 is 4.98 Å². The molecule has 0 atom stereocenters. The predicted octanol–water partition coefficient (Wildman–Crippen LogP) is 1.74. The van der Waals surface area contributed by atoms with Gasteiger partial charge in [-0.1, -0.05) is 36.4 Å². The summed E-state index contributed by atoms with van der Waals surface area (Å²) in [6.07, 6.45) is 3.18. The Kier molecular flexibility index (Phi) is 2.57. The zero-order valence-electron chi connectivity index (χ0n) is 11.2. The minimum Gasteiger partial charge on any atom is -0.309 e. The molecule has 4 rings (SSSR count). The van der Waals surface area contributed by atoms with Crippen molar-refractivity contribution in [2.24, 2.45) is 0 Å². The van der Waals surface area contributed by atoms with E-state index in [1.807, 2.05) is 16.7 Å². The Morgan fingerprint density at radius 2 is 1.90 bits per heavy atom. The molecule has 0 spiro atoms. The molecule has 0 bridgehead atoms. The van der Waals surface area contributed by atoms with Crippen LogP contribution in [0.3, 0.4) is 0 Å². The van der Waals surface area contributed by atoms with Crippen molar-refractivity contribution >= 4 is 21.9 Å². The molecule has 21 heavy (non-hydrogen) atoms. The highest BCUT2D eigenvalue weighted by molar-refractivity contribution is 5.82. The van der Waals surface area contributed by atoms with Gasteiger partial charge in [0.25, 0.3) is 11.2 Å². The maximum absolute atomic E-state index is 11.9. The second-order valence-electron chi connectivity index (χ2n) is 5.01. The van der Waals surface area contributed by atoms with Crippen LogP contribution in [0.4, 0.5) is 0 Å². The summed E-state index contributed by atoms with van der Waals surface area (Å²) in [6.45, 7) is 0.625. The monoisotopic (exact) mass is 277 g/mol. The fraction of sp³-hybridized carbons (Fsp3) is 0.0625. The Balaban J connectivity index is 1.81. The number of hydrogen-bond donors (Lipinski definition) is 2. The van der Waals surface area contributed by atoms with Crippen LogP contribution in [-0.2, 0) is 6.54 Å². The third-order valence-corrected chi connectivity index (χ3v) is 3.64. The largest absolute Gasteiger partial charge is 0.309 e. The number of hydrogen-bond acceptors (Lipinski definition) is 2. The van der Waals surface area contributed by atoms with Gasteiger partial charge in [0.05, 0.1) is 6.33 Å². The first-order valence-corrected chi connectivity index (χ1v) is 6.73. The summed E-state index contributed by atoms with van der Waals surface area (Å²) in [5.74, 6) is 0. The molecular weight excluding hydrogens is 264 g/mol.